The minimum atomic E-state index is -0.0722. The number of aromatic nitrogens is 3. The molecule has 0 fully saturated rings. The molecule has 1 N–H and O–H groups in total. The fraction of sp³-hybridized carbons (Fsp3) is 0.235. The standard InChI is InChI=1S/C17H18N4O2S/c1-2-15-19-20-17(21(15)13-7-4-3-5-8-13)24-12-16(22)18-11-14-9-6-10-23-14/h3-10H,2,11-12H2,1H3,(H,18,22). The maximum absolute atomic E-state index is 12.0. The van der Waals surface area contributed by atoms with Crippen LogP contribution < -0.4 is 5.32 Å². The van der Waals surface area contributed by atoms with Crippen LogP contribution in [0.3, 0.4) is 0 Å². The molecule has 0 bridgehead atoms. The number of carbonyl (C=O) groups is 1. The quantitative estimate of drug-likeness (QED) is 0.669. The summed E-state index contributed by atoms with van der Waals surface area (Å²) in [5, 5.41) is 12.0. The number of aryl methyl sites for hydroxylation is 1. The molecule has 24 heavy (non-hydrogen) atoms. The molecule has 0 atom stereocenters. The summed E-state index contributed by atoms with van der Waals surface area (Å²) in [6.07, 6.45) is 2.36. The summed E-state index contributed by atoms with van der Waals surface area (Å²) in [6.45, 7) is 2.42. The van der Waals surface area contributed by atoms with E-state index in [1.54, 1.807) is 12.3 Å². The highest BCUT2D eigenvalue weighted by Crippen LogP contribution is 2.22. The van der Waals surface area contributed by atoms with Crippen molar-refractivity contribution in [2.24, 2.45) is 0 Å². The molecule has 0 spiro atoms. The minimum absolute atomic E-state index is 0.0722. The summed E-state index contributed by atoms with van der Waals surface area (Å²) in [6, 6.07) is 13.5. The molecule has 0 aliphatic rings. The van der Waals surface area contributed by atoms with E-state index in [9.17, 15) is 4.79 Å². The van der Waals surface area contributed by atoms with Crippen LogP contribution in [0.4, 0.5) is 0 Å². The third-order valence-corrected chi connectivity index (χ3v) is 4.33. The second-order valence-corrected chi connectivity index (χ2v) is 6.01. The lowest BCUT2D eigenvalue weighted by Crippen LogP contribution is -2.24. The molecular formula is C17H18N4O2S. The average molecular weight is 342 g/mol. The average Bonchev–Trinajstić information content (AvgIpc) is 3.28. The van der Waals surface area contributed by atoms with E-state index >= 15 is 0 Å². The Balaban J connectivity index is 1.65. The molecule has 0 saturated carbocycles. The van der Waals surface area contributed by atoms with Crippen LogP contribution in [-0.4, -0.2) is 26.4 Å². The van der Waals surface area contributed by atoms with Gasteiger partial charge in [-0.1, -0.05) is 36.9 Å². The molecule has 6 nitrogen and oxygen atoms in total. The van der Waals surface area contributed by atoms with Crippen molar-refractivity contribution in [2.75, 3.05) is 5.75 Å². The van der Waals surface area contributed by atoms with Gasteiger partial charge in [-0.15, -0.1) is 10.2 Å². The largest absolute Gasteiger partial charge is 0.467 e. The van der Waals surface area contributed by atoms with Gasteiger partial charge in [0.25, 0.3) is 0 Å². The van der Waals surface area contributed by atoms with Crippen molar-refractivity contribution in [3.63, 3.8) is 0 Å². The van der Waals surface area contributed by atoms with E-state index in [1.165, 1.54) is 11.8 Å². The smallest absolute Gasteiger partial charge is 0.230 e. The summed E-state index contributed by atoms with van der Waals surface area (Å²) in [5.74, 6) is 1.81. The maximum Gasteiger partial charge on any atom is 0.230 e. The molecule has 3 aromatic rings. The van der Waals surface area contributed by atoms with Crippen LogP contribution >= 0.6 is 11.8 Å². The zero-order chi connectivity index (χ0) is 16.8. The summed E-state index contributed by atoms with van der Waals surface area (Å²) in [5.41, 5.74) is 0.998. The highest BCUT2D eigenvalue weighted by atomic mass is 32.2. The number of furan rings is 1. The monoisotopic (exact) mass is 342 g/mol. The third kappa shape index (κ3) is 3.86. The first-order valence-electron chi connectivity index (χ1n) is 7.69. The predicted molar refractivity (Wildman–Crippen MR) is 92.0 cm³/mol. The van der Waals surface area contributed by atoms with Gasteiger partial charge in [-0.2, -0.15) is 0 Å². The number of nitrogens with zero attached hydrogens (tertiary/aromatic N) is 3. The van der Waals surface area contributed by atoms with Crippen molar-refractivity contribution in [3.05, 3.63) is 60.3 Å². The molecule has 7 heteroatoms. The highest BCUT2D eigenvalue weighted by molar-refractivity contribution is 7.99. The highest BCUT2D eigenvalue weighted by Gasteiger charge is 2.14. The van der Waals surface area contributed by atoms with Crippen molar-refractivity contribution in [1.29, 1.82) is 0 Å². The molecule has 0 saturated heterocycles. The molecule has 0 aliphatic carbocycles. The first-order chi connectivity index (χ1) is 11.8. The Labute approximate surface area is 144 Å². The zero-order valence-electron chi connectivity index (χ0n) is 13.3. The number of carbonyl (C=O) groups excluding carboxylic acids is 1. The van der Waals surface area contributed by atoms with Crippen molar-refractivity contribution < 1.29 is 9.21 Å². The molecule has 2 aromatic heterocycles. The van der Waals surface area contributed by atoms with Gasteiger partial charge >= 0.3 is 0 Å². The van der Waals surface area contributed by atoms with Gasteiger partial charge in [-0.05, 0) is 24.3 Å². The van der Waals surface area contributed by atoms with Gasteiger partial charge < -0.3 is 9.73 Å². The van der Waals surface area contributed by atoms with E-state index in [2.05, 4.69) is 15.5 Å². The maximum atomic E-state index is 12.0. The number of nitrogens with one attached hydrogen (secondary N) is 1. The lowest BCUT2D eigenvalue weighted by atomic mass is 10.3. The van der Waals surface area contributed by atoms with Gasteiger partial charge in [0.1, 0.15) is 11.6 Å². The topological polar surface area (TPSA) is 73.0 Å². The summed E-state index contributed by atoms with van der Waals surface area (Å²) < 4.78 is 7.18. The number of benzene rings is 1. The van der Waals surface area contributed by atoms with Crippen LogP contribution in [0.2, 0.25) is 0 Å². The molecule has 0 radical (unpaired) electrons. The lowest BCUT2D eigenvalue weighted by molar-refractivity contribution is -0.118. The molecule has 1 amide bonds. The van der Waals surface area contributed by atoms with Crippen molar-refractivity contribution in [3.8, 4) is 5.69 Å². The summed E-state index contributed by atoms with van der Waals surface area (Å²) in [4.78, 5) is 12.0. The summed E-state index contributed by atoms with van der Waals surface area (Å²) >= 11 is 1.37. The Morgan fingerprint density at radius 1 is 1.21 bits per heavy atom. The van der Waals surface area contributed by atoms with Crippen LogP contribution in [0.1, 0.15) is 18.5 Å². The van der Waals surface area contributed by atoms with Crippen LogP contribution in [0.5, 0.6) is 0 Å². The molecule has 2 heterocycles. The number of rotatable bonds is 7. The number of amides is 1. The first-order valence-corrected chi connectivity index (χ1v) is 8.68. The number of thioether (sulfide) groups is 1. The normalized spacial score (nSPS) is 10.7. The van der Waals surface area contributed by atoms with Gasteiger partial charge in [-0.3, -0.25) is 9.36 Å². The van der Waals surface area contributed by atoms with Crippen LogP contribution in [0.15, 0.2) is 58.3 Å². The third-order valence-electron chi connectivity index (χ3n) is 3.40. The van der Waals surface area contributed by atoms with E-state index in [4.69, 9.17) is 4.42 Å². The van der Waals surface area contributed by atoms with Crippen molar-refractivity contribution in [1.82, 2.24) is 20.1 Å². The van der Waals surface area contributed by atoms with Crippen LogP contribution in [0.25, 0.3) is 5.69 Å². The van der Waals surface area contributed by atoms with E-state index in [1.807, 2.05) is 47.9 Å². The van der Waals surface area contributed by atoms with Gasteiger partial charge in [0.05, 0.1) is 18.6 Å². The molecule has 0 aliphatic heterocycles. The molecule has 1 aromatic carbocycles. The van der Waals surface area contributed by atoms with E-state index < -0.39 is 0 Å². The minimum Gasteiger partial charge on any atom is -0.467 e. The zero-order valence-corrected chi connectivity index (χ0v) is 14.1. The summed E-state index contributed by atoms with van der Waals surface area (Å²) in [7, 11) is 0. The van der Waals surface area contributed by atoms with Gasteiger partial charge in [0, 0.05) is 12.1 Å². The Morgan fingerprint density at radius 3 is 2.75 bits per heavy atom. The molecule has 3 rings (SSSR count). The van der Waals surface area contributed by atoms with Crippen LogP contribution in [-0.2, 0) is 17.8 Å². The molecule has 0 unspecified atom stereocenters. The van der Waals surface area contributed by atoms with Gasteiger partial charge in [0.15, 0.2) is 5.16 Å². The SMILES string of the molecule is CCc1nnc(SCC(=O)NCc2ccco2)n1-c1ccccc1. The van der Waals surface area contributed by atoms with E-state index in [0.29, 0.717) is 11.7 Å². The second-order valence-electron chi connectivity index (χ2n) is 5.07. The Hall–Kier alpha value is -2.54. The predicted octanol–water partition coefficient (Wildman–Crippen LogP) is 2.83. The molecule has 124 valence electrons. The van der Waals surface area contributed by atoms with Gasteiger partial charge in [-0.25, -0.2) is 0 Å². The first kappa shape index (κ1) is 16.3. The number of para-hydroxylation sites is 1. The van der Waals surface area contributed by atoms with E-state index in [0.717, 1.165) is 23.7 Å². The van der Waals surface area contributed by atoms with Gasteiger partial charge in [0.2, 0.25) is 5.91 Å². The Kier molecular flexibility index (Phi) is 5.32. The molecular weight excluding hydrogens is 324 g/mol. The number of hydrogen-bond donors (Lipinski definition) is 1. The van der Waals surface area contributed by atoms with E-state index in [-0.39, 0.29) is 11.7 Å². The van der Waals surface area contributed by atoms with Crippen molar-refractivity contribution >= 4 is 17.7 Å². The Morgan fingerprint density at radius 2 is 2.04 bits per heavy atom. The lowest BCUT2D eigenvalue weighted by Gasteiger charge is -2.09. The second kappa shape index (κ2) is 7.83. The number of hydrogen-bond acceptors (Lipinski definition) is 5. The van der Waals surface area contributed by atoms with Crippen molar-refractivity contribution in [2.45, 2.75) is 25.0 Å². The fourth-order valence-corrected chi connectivity index (χ4v) is 3.04. The fourth-order valence-electron chi connectivity index (χ4n) is 2.24. The Bertz CT molecular complexity index is 784. The van der Waals surface area contributed by atoms with Crippen LogP contribution in [0, 0.1) is 0 Å².